The Morgan fingerprint density at radius 1 is 1.06 bits per heavy atom. The number of nitrogens with zero attached hydrogens (tertiary/aromatic N) is 1. The number of esters is 2. The fraction of sp³-hybridized carbons (Fsp3) is 0.192. The lowest BCUT2D eigenvalue weighted by Gasteiger charge is -2.23. The topological polar surface area (TPSA) is 113 Å². The first-order valence-corrected chi connectivity index (χ1v) is 10.9. The molecule has 0 amide bonds. The second-order valence-electron chi connectivity index (χ2n) is 8.47. The summed E-state index contributed by atoms with van der Waals surface area (Å²) in [6.45, 7) is 1.69. The summed E-state index contributed by atoms with van der Waals surface area (Å²) in [5.74, 6) is -3.56. The highest BCUT2D eigenvalue weighted by Gasteiger charge is 2.90. The minimum atomic E-state index is -1.97. The van der Waals surface area contributed by atoms with Gasteiger partial charge in [-0.2, -0.15) is 0 Å². The Balaban J connectivity index is 1.62. The van der Waals surface area contributed by atoms with Crippen molar-refractivity contribution in [1.29, 1.82) is 0 Å². The maximum Gasteiger partial charge on any atom is 0.330 e. The fourth-order valence-corrected chi connectivity index (χ4v) is 5.34. The third-order valence-electron chi connectivity index (χ3n) is 6.95. The van der Waals surface area contributed by atoms with Crippen LogP contribution < -0.4 is 9.47 Å². The average Bonchev–Trinajstić information content (AvgIpc) is 3.51. The number of para-hydroxylation sites is 1. The van der Waals surface area contributed by atoms with Gasteiger partial charge >= 0.3 is 11.9 Å². The second kappa shape index (κ2) is 7.83. The van der Waals surface area contributed by atoms with E-state index in [9.17, 15) is 28.9 Å². The van der Waals surface area contributed by atoms with Crippen molar-refractivity contribution in [1.82, 2.24) is 0 Å². The van der Waals surface area contributed by atoms with Gasteiger partial charge in [0, 0.05) is 29.2 Å². The van der Waals surface area contributed by atoms with Crippen LogP contribution in [0.2, 0.25) is 0 Å². The molecule has 3 aromatic rings. The minimum Gasteiger partial charge on any atom is -0.426 e. The number of ketones is 1. The number of nitro groups is 1. The quantitative estimate of drug-likeness (QED) is 0.128. The van der Waals surface area contributed by atoms with Crippen LogP contribution in [0.1, 0.15) is 35.2 Å². The van der Waals surface area contributed by atoms with E-state index >= 15 is 0 Å². The third kappa shape index (κ3) is 3.01. The van der Waals surface area contributed by atoms with Gasteiger partial charge in [-0.15, -0.1) is 0 Å². The Labute approximate surface area is 198 Å². The Morgan fingerprint density at radius 3 is 2.34 bits per heavy atom. The summed E-state index contributed by atoms with van der Waals surface area (Å²) in [4.78, 5) is 51.3. The van der Waals surface area contributed by atoms with Crippen molar-refractivity contribution in [3.8, 4) is 11.5 Å². The molecule has 2 aliphatic rings. The molecule has 1 aliphatic carbocycles. The Kier molecular flexibility index (Phi) is 5.01. The predicted molar refractivity (Wildman–Crippen MR) is 119 cm³/mol. The van der Waals surface area contributed by atoms with Gasteiger partial charge in [0.2, 0.25) is 0 Å². The Bertz CT molecular complexity index is 1390. The fourth-order valence-electron chi connectivity index (χ4n) is 5.34. The molecule has 1 saturated carbocycles. The predicted octanol–water partition coefficient (Wildman–Crippen LogP) is 4.62. The third-order valence-corrected chi connectivity index (χ3v) is 6.95. The lowest BCUT2D eigenvalue weighted by molar-refractivity contribution is -0.384. The number of non-ortho nitro benzene ring substituents is 1. The number of fused-ring (bicyclic) bond motifs is 3. The van der Waals surface area contributed by atoms with Crippen molar-refractivity contribution in [3.63, 3.8) is 0 Å². The number of benzene rings is 3. The van der Waals surface area contributed by atoms with Crippen LogP contribution in [0.4, 0.5) is 10.1 Å². The van der Waals surface area contributed by atoms with Crippen molar-refractivity contribution < 1.29 is 33.2 Å². The number of Topliss-reactive ketones (excluding diaryl/α,β-unsaturated/α-hetero) is 1. The largest absolute Gasteiger partial charge is 0.426 e. The molecule has 0 aromatic heterocycles. The molecule has 3 aromatic carbocycles. The number of ether oxygens (including phenoxy) is 2. The summed E-state index contributed by atoms with van der Waals surface area (Å²) < 4.78 is 24.5. The number of rotatable bonds is 6. The van der Waals surface area contributed by atoms with Gasteiger partial charge in [0.1, 0.15) is 17.3 Å². The van der Waals surface area contributed by atoms with Crippen molar-refractivity contribution >= 4 is 23.4 Å². The maximum atomic E-state index is 13.9. The molecule has 0 saturated heterocycles. The molecule has 8 nitrogen and oxygen atoms in total. The smallest absolute Gasteiger partial charge is 0.330 e. The van der Waals surface area contributed by atoms with Gasteiger partial charge in [-0.05, 0) is 48.9 Å². The normalized spacial score (nSPS) is 23.9. The van der Waals surface area contributed by atoms with Crippen molar-refractivity contribution in [2.24, 2.45) is 10.8 Å². The highest BCUT2D eigenvalue weighted by Crippen LogP contribution is 2.80. The monoisotopic (exact) mass is 475 g/mol. The van der Waals surface area contributed by atoms with E-state index in [4.69, 9.17) is 9.47 Å². The van der Waals surface area contributed by atoms with Crippen LogP contribution in [0.15, 0.2) is 72.8 Å². The van der Waals surface area contributed by atoms with Gasteiger partial charge in [-0.3, -0.25) is 24.5 Å². The average molecular weight is 475 g/mol. The number of nitro benzene ring substituents is 1. The summed E-state index contributed by atoms with van der Waals surface area (Å²) in [5, 5.41) is 10.9. The molecular formula is C26H18FNO7. The molecule has 0 bridgehead atoms. The van der Waals surface area contributed by atoms with Crippen LogP contribution in [0.5, 0.6) is 11.5 Å². The summed E-state index contributed by atoms with van der Waals surface area (Å²) in [6.07, 6.45) is 0.104. The van der Waals surface area contributed by atoms with E-state index in [1.807, 2.05) is 0 Å². The van der Waals surface area contributed by atoms with Gasteiger partial charge in [0.05, 0.1) is 10.3 Å². The zero-order chi connectivity index (χ0) is 25.0. The van der Waals surface area contributed by atoms with Crippen LogP contribution in [0.25, 0.3) is 0 Å². The molecule has 5 rings (SSSR count). The molecule has 1 heterocycles. The van der Waals surface area contributed by atoms with Gasteiger partial charge in [-0.25, -0.2) is 4.39 Å². The van der Waals surface area contributed by atoms with Gasteiger partial charge in [-0.1, -0.05) is 25.1 Å². The highest BCUT2D eigenvalue weighted by molar-refractivity contribution is 6.20. The van der Waals surface area contributed by atoms with E-state index in [0.29, 0.717) is 5.56 Å². The van der Waals surface area contributed by atoms with Crippen LogP contribution in [0.3, 0.4) is 0 Å². The Hall–Kier alpha value is -4.40. The second-order valence-corrected chi connectivity index (χ2v) is 8.47. The van der Waals surface area contributed by atoms with E-state index in [2.05, 4.69) is 0 Å². The van der Waals surface area contributed by atoms with Crippen molar-refractivity contribution in [3.05, 3.63) is 99.9 Å². The molecule has 176 valence electrons. The summed E-state index contributed by atoms with van der Waals surface area (Å²) in [5.41, 5.74) is -3.02. The number of carbonyl (C=O) groups excluding carboxylic acids is 3. The summed E-state index contributed by atoms with van der Waals surface area (Å²) >= 11 is 0. The zero-order valence-corrected chi connectivity index (χ0v) is 18.4. The van der Waals surface area contributed by atoms with Gasteiger partial charge in [0.15, 0.2) is 11.2 Å². The van der Waals surface area contributed by atoms with Crippen LogP contribution in [0, 0.1) is 26.8 Å². The van der Waals surface area contributed by atoms with E-state index in [1.165, 1.54) is 24.3 Å². The number of carbonyl (C=O) groups is 3. The van der Waals surface area contributed by atoms with E-state index in [-0.39, 0.29) is 29.2 Å². The lowest BCUT2D eigenvalue weighted by Crippen LogP contribution is -2.42. The number of hydrogen-bond donors (Lipinski definition) is 0. The first-order chi connectivity index (χ1) is 16.8. The minimum absolute atomic E-state index is 0.0217. The highest BCUT2D eigenvalue weighted by atomic mass is 19.1. The van der Waals surface area contributed by atoms with E-state index in [0.717, 1.165) is 24.3 Å². The van der Waals surface area contributed by atoms with Crippen LogP contribution in [-0.4, -0.2) is 22.6 Å². The van der Waals surface area contributed by atoms with Crippen LogP contribution in [-0.2, 0) is 9.59 Å². The van der Waals surface area contributed by atoms with Crippen molar-refractivity contribution in [2.75, 3.05) is 0 Å². The molecule has 0 spiro atoms. The molecule has 3 atom stereocenters. The lowest BCUT2D eigenvalue weighted by atomic mass is 9.83. The SMILES string of the molecule is CCC1(C(=O)c2ccc(F)cc2)C2c3ccccc3OC(=O)C21C(=O)Oc1ccc([N+](=O)[O-])cc1. The van der Waals surface area contributed by atoms with Gasteiger partial charge < -0.3 is 9.47 Å². The van der Waals surface area contributed by atoms with Crippen molar-refractivity contribution in [2.45, 2.75) is 19.3 Å². The summed E-state index contributed by atoms with van der Waals surface area (Å²) in [7, 11) is 0. The Morgan fingerprint density at radius 2 is 1.71 bits per heavy atom. The molecular weight excluding hydrogens is 457 g/mol. The van der Waals surface area contributed by atoms with E-state index < -0.39 is 45.2 Å². The molecule has 0 radical (unpaired) electrons. The molecule has 3 unspecified atom stereocenters. The molecule has 9 heteroatoms. The summed E-state index contributed by atoms with van der Waals surface area (Å²) in [6, 6.07) is 16.4. The first-order valence-electron chi connectivity index (χ1n) is 10.9. The first kappa shape index (κ1) is 22.4. The molecule has 1 fully saturated rings. The number of halogens is 1. The standard InChI is InChI=1S/C26H18FNO7/c1-2-25(22(29)15-7-9-16(27)10-8-15)21-19-5-3-4-6-20(19)35-24(31)26(21,25)23(30)34-18-13-11-17(12-14-18)28(32)33/h3-14,21H,2H2,1H3. The van der Waals surface area contributed by atoms with Crippen LogP contribution >= 0.6 is 0 Å². The van der Waals surface area contributed by atoms with Gasteiger partial charge in [0.25, 0.3) is 5.69 Å². The molecule has 1 aliphatic heterocycles. The number of hydrogen-bond acceptors (Lipinski definition) is 7. The molecule has 0 N–H and O–H groups in total. The van der Waals surface area contributed by atoms with E-state index in [1.54, 1.807) is 31.2 Å². The maximum absolute atomic E-state index is 13.9. The molecule has 35 heavy (non-hydrogen) atoms. The zero-order valence-electron chi connectivity index (χ0n) is 18.4.